The summed E-state index contributed by atoms with van der Waals surface area (Å²) in [6.45, 7) is 1.29. The second-order valence-corrected chi connectivity index (χ2v) is 6.69. The van der Waals surface area contributed by atoms with E-state index in [2.05, 4.69) is 0 Å². The standard InChI is InChI=1S/C12H15ClF3NO2S/c1-9(2)17(8-12(14,15)16)20(18,19)11-5-3-10(7-13)4-6-11/h3-6,9H,7-8H2,1-2H3. The third-order valence-corrected chi connectivity index (χ3v) is 4.94. The topological polar surface area (TPSA) is 37.4 Å². The van der Waals surface area contributed by atoms with E-state index in [0.29, 0.717) is 9.87 Å². The molecule has 8 heteroatoms. The van der Waals surface area contributed by atoms with Crippen LogP contribution in [0.25, 0.3) is 0 Å². The van der Waals surface area contributed by atoms with Gasteiger partial charge in [-0.05, 0) is 31.5 Å². The minimum absolute atomic E-state index is 0.177. The largest absolute Gasteiger partial charge is 0.402 e. The lowest BCUT2D eigenvalue weighted by molar-refractivity contribution is -0.138. The van der Waals surface area contributed by atoms with E-state index in [1.807, 2.05) is 0 Å². The molecular weight excluding hydrogens is 315 g/mol. The number of rotatable bonds is 5. The summed E-state index contributed by atoms with van der Waals surface area (Å²) >= 11 is 5.59. The average Bonchev–Trinajstić information content (AvgIpc) is 2.34. The highest BCUT2D eigenvalue weighted by Crippen LogP contribution is 2.25. The third kappa shape index (κ3) is 4.36. The number of nitrogens with zero attached hydrogens (tertiary/aromatic N) is 1. The predicted octanol–water partition coefficient (Wildman–Crippen LogP) is 3.39. The third-order valence-electron chi connectivity index (χ3n) is 2.60. The minimum Gasteiger partial charge on any atom is -0.207 e. The molecule has 1 aromatic rings. The lowest BCUT2D eigenvalue weighted by atomic mass is 10.2. The maximum atomic E-state index is 12.5. The Morgan fingerprint density at radius 2 is 1.70 bits per heavy atom. The van der Waals surface area contributed by atoms with Gasteiger partial charge in [0.2, 0.25) is 10.0 Å². The number of benzene rings is 1. The first-order chi connectivity index (χ1) is 9.08. The van der Waals surface area contributed by atoms with E-state index in [4.69, 9.17) is 11.6 Å². The monoisotopic (exact) mass is 329 g/mol. The van der Waals surface area contributed by atoms with Crippen LogP contribution in [0.1, 0.15) is 19.4 Å². The molecule has 0 atom stereocenters. The Hall–Kier alpha value is -0.790. The molecule has 0 amide bonds. The maximum absolute atomic E-state index is 12.5. The summed E-state index contributed by atoms with van der Waals surface area (Å²) in [6, 6.07) is 4.68. The zero-order chi connectivity index (χ0) is 15.6. The molecule has 0 spiro atoms. The number of hydrogen-bond acceptors (Lipinski definition) is 2. The number of sulfonamides is 1. The molecule has 1 rings (SSSR count). The second-order valence-electron chi connectivity index (χ2n) is 4.54. The molecule has 0 heterocycles. The van der Waals surface area contributed by atoms with E-state index in [1.165, 1.54) is 38.1 Å². The first kappa shape index (κ1) is 17.3. The Morgan fingerprint density at radius 1 is 1.20 bits per heavy atom. The molecule has 0 aliphatic heterocycles. The van der Waals surface area contributed by atoms with Crippen LogP contribution >= 0.6 is 11.6 Å². The Bertz CT molecular complexity index is 541. The molecule has 0 bridgehead atoms. The summed E-state index contributed by atoms with van der Waals surface area (Å²) in [5.74, 6) is 0.205. The van der Waals surface area contributed by atoms with E-state index < -0.39 is 28.8 Å². The molecule has 0 fully saturated rings. The summed E-state index contributed by atoms with van der Waals surface area (Å²) < 4.78 is 62.4. The Kier molecular flexibility index (Phi) is 5.46. The van der Waals surface area contributed by atoms with Gasteiger partial charge in [0.15, 0.2) is 0 Å². The highest BCUT2D eigenvalue weighted by atomic mass is 35.5. The van der Waals surface area contributed by atoms with Crippen LogP contribution < -0.4 is 0 Å². The van der Waals surface area contributed by atoms with Gasteiger partial charge < -0.3 is 0 Å². The summed E-state index contributed by atoms with van der Waals surface area (Å²) in [7, 11) is -4.19. The normalized spacial score (nSPS) is 13.2. The number of hydrogen-bond donors (Lipinski definition) is 0. The highest BCUT2D eigenvalue weighted by molar-refractivity contribution is 7.89. The molecule has 0 radical (unpaired) electrons. The van der Waals surface area contributed by atoms with Crippen molar-refractivity contribution in [3.05, 3.63) is 29.8 Å². The summed E-state index contributed by atoms with van der Waals surface area (Å²) in [5, 5.41) is 0. The minimum atomic E-state index is -4.59. The van der Waals surface area contributed by atoms with Crippen molar-refractivity contribution in [1.29, 1.82) is 0 Å². The van der Waals surface area contributed by atoms with E-state index in [9.17, 15) is 21.6 Å². The van der Waals surface area contributed by atoms with Crippen molar-refractivity contribution in [1.82, 2.24) is 4.31 Å². The van der Waals surface area contributed by atoms with Crippen LogP contribution in [0.5, 0.6) is 0 Å². The van der Waals surface area contributed by atoms with Crippen molar-refractivity contribution in [3.63, 3.8) is 0 Å². The van der Waals surface area contributed by atoms with Gasteiger partial charge in [-0.2, -0.15) is 17.5 Å². The molecule has 3 nitrogen and oxygen atoms in total. The fourth-order valence-electron chi connectivity index (χ4n) is 1.61. The lowest BCUT2D eigenvalue weighted by Crippen LogP contribution is -2.43. The summed E-state index contributed by atoms with van der Waals surface area (Å²) in [6.07, 6.45) is -4.59. The molecule has 0 aliphatic carbocycles. The van der Waals surface area contributed by atoms with Crippen molar-refractivity contribution >= 4 is 21.6 Å². The van der Waals surface area contributed by atoms with Crippen LogP contribution in [0.3, 0.4) is 0 Å². The zero-order valence-corrected chi connectivity index (χ0v) is 12.6. The molecule has 20 heavy (non-hydrogen) atoms. The van der Waals surface area contributed by atoms with Gasteiger partial charge >= 0.3 is 6.18 Å². The van der Waals surface area contributed by atoms with Gasteiger partial charge in [-0.3, -0.25) is 0 Å². The molecule has 0 saturated heterocycles. The predicted molar refractivity (Wildman–Crippen MR) is 71.1 cm³/mol. The SMILES string of the molecule is CC(C)N(CC(F)(F)F)S(=O)(=O)c1ccc(CCl)cc1. The van der Waals surface area contributed by atoms with E-state index in [0.717, 1.165) is 0 Å². The maximum Gasteiger partial charge on any atom is 0.402 e. The molecular formula is C12H15ClF3NO2S. The van der Waals surface area contributed by atoms with E-state index in [1.54, 1.807) is 0 Å². The van der Waals surface area contributed by atoms with E-state index in [-0.39, 0.29) is 10.8 Å². The first-order valence-electron chi connectivity index (χ1n) is 5.81. The van der Waals surface area contributed by atoms with Gasteiger partial charge in [-0.1, -0.05) is 12.1 Å². The Labute approximate surface area is 121 Å². The lowest BCUT2D eigenvalue weighted by Gasteiger charge is -2.26. The smallest absolute Gasteiger partial charge is 0.207 e. The average molecular weight is 330 g/mol. The Morgan fingerprint density at radius 3 is 2.05 bits per heavy atom. The van der Waals surface area contributed by atoms with Crippen molar-refractivity contribution in [2.45, 2.75) is 36.8 Å². The number of halogens is 4. The van der Waals surface area contributed by atoms with Crippen LogP contribution in [0.4, 0.5) is 13.2 Å². The second kappa shape index (κ2) is 6.32. The molecule has 0 unspecified atom stereocenters. The van der Waals surface area contributed by atoms with Gasteiger partial charge in [0.25, 0.3) is 0 Å². The molecule has 1 aromatic carbocycles. The van der Waals surface area contributed by atoms with Gasteiger partial charge in [0.1, 0.15) is 6.54 Å². The van der Waals surface area contributed by atoms with Crippen molar-refractivity contribution in [2.24, 2.45) is 0 Å². The summed E-state index contributed by atoms with van der Waals surface area (Å²) in [4.78, 5) is -0.177. The van der Waals surface area contributed by atoms with Crippen molar-refractivity contribution < 1.29 is 21.6 Å². The molecule has 0 aromatic heterocycles. The van der Waals surface area contributed by atoms with Crippen LogP contribution in [-0.4, -0.2) is 31.5 Å². The number of alkyl halides is 4. The van der Waals surface area contributed by atoms with Crippen LogP contribution in [0.2, 0.25) is 0 Å². The van der Waals surface area contributed by atoms with Crippen molar-refractivity contribution in [2.75, 3.05) is 6.54 Å². The summed E-state index contributed by atoms with van der Waals surface area (Å²) in [5.41, 5.74) is 0.692. The fourth-order valence-corrected chi connectivity index (χ4v) is 3.41. The highest BCUT2D eigenvalue weighted by Gasteiger charge is 2.38. The molecule has 0 N–H and O–H groups in total. The van der Waals surface area contributed by atoms with Gasteiger partial charge in [-0.25, -0.2) is 8.42 Å². The van der Waals surface area contributed by atoms with Crippen LogP contribution in [0, 0.1) is 0 Å². The molecule has 114 valence electrons. The molecule has 0 saturated carbocycles. The first-order valence-corrected chi connectivity index (χ1v) is 7.79. The zero-order valence-electron chi connectivity index (χ0n) is 11.0. The van der Waals surface area contributed by atoms with Crippen LogP contribution in [0.15, 0.2) is 29.2 Å². The molecule has 0 aliphatic rings. The quantitative estimate of drug-likeness (QED) is 0.777. The Balaban J connectivity index is 3.15. The van der Waals surface area contributed by atoms with Gasteiger partial charge in [0.05, 0.1) is 4.90 Å². The van der Waals surface area contributed by atoms with E-state index >= 15 is 0 Å². The van der Waals surface area contributed by atoms with Crippen molar-refractivity contribution in [3.8, 4) is 0 Å². The fraction of sp³-hybridized carbons (Fsp3) is 0.500. The van der Waals surface area contributed by atoms with Gasteiger partial charge in [-0.15, -0.1) is 11.6 Å². The van der Waals surface area contributed by atoms with Gasteiger partial charge in [0, 0.05) is 11.9 Å². The van der Waals surface area contributed by atoms with Crippen LogP contribution in [-0.2, 0) is 15.9 Å².